The lowest BCUT2D eigenvalue weighted by Crippen LogP contribution is -2.65. The van der Waals surface area contributed by atoms with E-state index in [1.54, 1.807) is 6.08 Å². The molecule has 0 bridgehead atoms. The number of nitrogens with one attached hydrogen (secondary N) is 1. The van der Waals surface area contributed by atoms with Crippen LogP contribution < -0.4 is 5.32 Å². The van der Waals surface area contributed by atoms with Crippen molar-refractivity contribution < 1.29 is 64.6 Å². The van der Waals surface area contributed by atoms with E-state index in [1.165, 1.54) is 116 Å². The van der Waals surface area contributed by atoms with Crippen LogP contribution in [0.3, 0.4) is 0 Å². The van der Waals surface area contributed by atoms with E-state index in [0.29, 0.717) is 6.42 Å². The molecule has 12 atom stereocenters. The van der Waals surface area contributed by atoms with E-state index in [2.05, 4.69) is 31.3 Å². The van der Waals surface area contributed by atoms with Gasteiger partial charge in [-0.25, -0.2) is 0 Å². The molecule has 0 aromatic rings. The zero-order valence-electron chi connectivity index (χ0n) is 39.1. The van der Waals surface area contributed by atoms with Gasteiger partial charge < -0.3 is 65.1 Å². The molecule has 63 heavy (non-hydrogen) atoms. The van der Waals surface area contributed by atoms with Gasteiger partial charge in [0.1, 0.15) is 48.8 Å². The number of amides is 1. The molecule has 0 radical (unpaired) electrons. The molecule has 0 aromatic heterocycles. The summed E-state index contributed by atoms with van der Waals surface area (Å²) in [4.78, 5) is 13.1. The van der Waals surface area contributed by atoms with Gasteiger partial charge in [0.25, 0.3) is 0 Å². The van der Waals surface area contributed by atoms with E-state index in [4.69, 9.17) is 18.9 Å². The van der Waals surface area contributed by atoms with Crippen LogP contribution in [0.4, 0.5) is 0 Å². The van der Waals surface area contributed by atoms with Crippen LogP contribution in [0.15, 0.2) is 24.3 Å². The lowest BCUT2D eigenvalue weighted by Gasteiger charge is -2.46. The summed E-state index contributed by atoms with van der Waals surface area (Å²) in [5, 5.41) is 86.4. The van der Waals surface area contributed by atoms with Gasteiger partial charge >= 0.3 is 0 Å². The molecule has 0 aliphatic carbocycles. The summed E-state index contributed by atoms with van der Waals surface area (Å²) in [6, 6.07) is -0.910. The van der Waals surface area contributed by atoms with E-state index in [-0.39, 0.29) is 18.9 Å². The maximum absolute atomic E-state index is 13.1. The fourth-order valence-corrected chi connectivity index (χ4v) is 8.23. The number of aliphatic hydroxyl groups excluding tert-OH is 8. The number of hydrogen-bond donors (Lipinski definition) is 9. The second kappa shape index (κ2) is 36.6. The average Bonchev–Trinajstić information content (AvgIpc) is 3.28. The molecule has 0 spiro atoms. The normalized spacial score (nSPS) is 27.7. The number of hydrogen-bond acceptors (Lipinski definition) is 13. The Morgan fingerprint density at radius 1 is 0.556 bits per heavy atom. The minimum absolute atomic E-state index is 0.245. The second-order valence-electron chi connectivity index (χ2n) is 17.9. The summed E-state index contributed by atoms with van der Waals surface area (Å²) in [5.41, 5.74) is 0. The van der Waals surface area contributed by atoms with Crippen LogP contribution in [0.1, 0.15) is 187 Å². The zero-order valence-corrected chi connectivity index (χ0v) is 39.1. The maximum Gasteiger partial charge on any atom is 0.220 e. The van der Waals surface area contributed by atoms with Crippen molar-refractivity contribution in [3.8, 4) is 0 Å². The van der Waals surface area contributed by atoms with E-state index in [1.807, 2.05) is 6.08 Å². The second-order valence-corrected chi connectivity index (χ2v) is 17.9. The summed E-state index contributed by atoms with van der Waals surface area (Å²) in [7, 11) is 0. The van der Waals surface area contributed by atoms with Gasteiger partial charge in [0.2, 0.25) is 5.91 Å². The number of allylic oxidation sites excluding steroid dienone is 3. The SMILES string of the molecule is CCCCCCCC/C=C/C(O)C(COC1OC(CO)C(OC2OC(CO)C(O)C(O)C2O)C(O)C1O)NC(=O)CCCCCCCCCCC/C=C\CCCCCCCCCC. The van der Waals surface area contributed by atoms with Gasteiger partial charge in [-0.1, -0.05) is 160 Å². The fourth-order valence-electron chi connectivity index (χ4n) is 8.23. The van der Waals surface area contributed by atoms with Crippen molar-refractivity contribution in [3.63, 3.8) is 0 Å². The Bertz CT molecular complexity index is 1160. The Balaban J connectivity index is 1.77. The Morgan fingerprint density at radius 3 is 1.51 bits per heavy atom. The highest BCUT2D eigenvalue weighted by Gasteiger charge is 2.51. The monoisotopic (exact) mass is 902 g/mol. The summed E-state index contributed by atoms with van der Waals surface area (Å²) >= 11 is 0. The van der Waals surface area contributed by atoms with Crippen molar-refractivity contribution in [2.45, 2.75) is 261 Å². The van der Waals surface area contributed by atoms with Gasteiger partial charge in [-0.05, 0) is 44.9 Å². The van der Waals surface area contributed by atoms with Crippen molar-refractivity contribution in [1.82, 2.24) is 5.32 Å². The third kappa shape index (κ3) is 24.2. The molecule has 2 fully saturated rings. The highest BCUT2D eigenvalue weighted by molar-refractivity contribution is 5.76. The minimum atomic E-state index is -1.79. The molecule has 2 heterocycles. The van der Waals surface area contributed by atoms with Gasteiger partial charge in [0.15, 0.2) is 12.6 Å². The predicted molar refractivity (Wildman–Crippen MR) is 245 cm³/mol. The highest BCUT2D eigenvalue weighted by Crippen LogP contribution is 2.30. The molecular weight excluding hydrogens is 811 g/mol. The minimum Gasteiger partial charge on any atom is -0.394 e. The lowest BCUT2D eigenvalue weighted by atomic mass is 9.97. The van der Waals surface area contributed by atoms with Gasteiger partial charge in [-0.2, -0.15) is 0 Å². The van der Waals surface area contributed by atoms with E-state index in [9.17, 15) is 45.6 Å². The van der Waals surface area contributed by atoms with Crippen LogP contribution in [0.2, 0.25) is 0 Å². The van der Waals surface area contributed by atoms with Crippen molar-refractivity contribution in [1.29, 1.82) is 0 Å². The van der Waals surface area contributed by atoms with Crippen molar-refractivity contribution in [2.75, 3.05) is 19.8 Å². The fraction of sp³-hybridized carbons (Fsp3) is 0.898. The molecule has 2 saturated heterocycles. The maximum atomic E-state index is 13.1. The Morgan fingerprint density at radius 2 is 1.00 bits per heavy atom. The summed E-state index contributed by atoms with van der Waals surface area (Å²) in [6.07, 6.45) is 22.5. The molecule has 2 aliphatic heterocycles. The Kier molecular flexibility index (Phi) is 33.4. The Hall–Kier alpha value is -1.53. The van der Waals surface area contributed by atoms with Crippen molar-refractivity contribution >= 4 is 5.91 Å². The highest BCUT2D eigenvalue weighted by atomic mass is 16.7. The van der Waals surface area contributed by atoms with Crippen molar-refractivity contribution in [2.24, 2.45) is 0 Å². The first-order valence-electron chi connectivity index (χ1n) is 25.1. The molecule has 0 saturated carbocycles. The van der Waals surface area contributed by atoms with Crippen LogP contribution in [0, 0.1) is 0 Å². The number of carbonyl (C=O) groups excluding carboxylic acids is 1. The van der Waals surface area contributed by atoms with Gasteiger partial charge in [-0.3, -0.25) is 4.79 Å². The number of carbonyl (C=O) groups is 1. The molecule has 12 unspecified atom stereocenters. The summed E-state index contributed by atoms with van der Waals surface area (Å²) in [6.45, 7) is 2.73. The average molecular weight is 902 g/mol. The smallest absolute Gasteiger partial charge is 0.220 e. The van der Waals surface area contributed by atoms with Crippen LogP contribution in [-0.2, 0) is 23.7 Å². The number of rotatable bonds is 38. The predicted octanol–water partition coefficient (Wildman–Crippen LogP) is 6.16. The summed E-state index contributed by atoms with van der Waals surface area (Å²) < 4.78 is 22.6. The van der Waals surface area contributed by atoms with Crippen LogP contribution in [-0.4, -0.2) is 140 Å². The topological polar surface area (TPSA) is 228 Å². The quantitative estimate of drug-likeness (QED) is 0.0250. The Labute approximate surface area is 379 Å². The molecule has 14 heteroatoms. The first-order chi connectivity index (χ1) is 30.6. The summed E-state index contributed by atoms with van der Waals surface area (Å²) in [5.74, 6) is -0.245. The van der Waals surface area contributed by atoms with E-state index < -0.39 is 86.8 Å². The molecule has 2 rings (SSSR count). The van der Waals surface area contributed by atoms with Gasteiger partial charge in [-0.15, -0.1) is 0 Å². The molecular formula is C49H91NO13. The molecule has 9 N–H and O–H groups in total. The molecule has 370 valence electrons. The van der Waals surface area contributed by atoms with Crippen LogP contribution >= 0.6 is 0 Å². The molecule has 1 amide bonds. The molecule has 14 nitrogen and oxygen atoms in total. The first-order valence-corrected chi connectivity index (χ1v) is 25.1. The third-order valence-corrected chi connectivity index (χ3v) is 12.4. The number of aliphatic hydroxyl groups is 8. The van der Waals surface area contributed by atoms with E-state index >= 15 is 0 Å². The van der Waals surface area contributed by atoms with Gasteiger partial charge in [0.05, 0.1) is 32.0 Å². The standard InChI is InChI=1S/C49H91NO13/c1-3-5-7-9-11-13-14-15-16-17-18-19-20-21-22-23-24-25-27-29-31-33-41(54)50-37(38(53)32-30-28-26-12-10-8-6-4-2)36-60-48-46(59)44(57)47(40(35-52)62-48)63-49-45(58)43(56)42(55)39(34-51)61-49/h17-18,30,32,37-40,42-49,51-53,55-59H,3-16,19-29,31,33-36H2,1-2H3,(H,50,54)/b18-17-,32-30+. The van der Waals surface area contributed by atoms with Crippen LogP contribution in [0.25, 0.3) is 0 Å². The lowest BCUT2D eigenvalue weighted by molar-refractivity contribution is -0.359. The number of ether oxygens (including phenoxy) is 4. The first kappa shape index (κ1) is 57.6. The zero-order chi connectivity index (χ0) is 46.1. The largest absolute Gasteiger partial charge is 0.394 e. The van der Waals surface area contributed by atoms with E-state index in [0.717, 1.165) is 44.9 Å². The molecule has 0 aromatic carbocycles. The number of unbranched alkanes of at least 4 members (excludes halogenated alkanes) is 23. The van der Waals surface area contributed by atoms with Crippen molar-refractivity contribution in [3.05, 3.63) is 24.3 Å². The third-order valence-electron chi connectivity index (χ3n) is 12.4. The van der Waals surface area contributed by atoms with Crippen LogP contribution in [0.5, 0.6) is 0 Å². The van der Waals surface area contributed by atoms with Gasteiger partial charge in [0, 0.05) is 6.42 Å². The molecule has 2 aliphatic rings.